The van der Waals surface area contributed by atoms with E-state index in [1.54, 1.807) is 35.2 Å². The lowest BCUT2D eigenvalue weighted by Crippen LogP contribution is -2.51. The van der Waals surface area contributed by atoms with Crippen molar-refractivity contribution in [1.29, 1.82) is 5.26 Å². The number of amides is 1. The number of esters is 1. The molecule has 2 heterocycles. The molecule has 188 valence electrons. The molecule has 0 aliphatic carbocycles. The van der Waals surface area contributed by atoms with Gasteiger partial charge in [-0.1, -0.05) is 35.3 Å². The molecule has 0 spiro atoms. The second-order valence-corrected chi connectivity index (χ2v) is 9.06. The number of ether oxygens (including phenoxy) is 3. The Morgan fingerprint density at radius 3 is 2.50 bits per heavy atom. The van der Waals surface area contributed by atoms with E-state index in [2.05, 4.69) is 11.0 Å². The topological polar surface area (TPSA) is 118 Å². The van der Waals surface area contributed by atoms with Crippen LogP contribution in [-0.4, -0.2) is 57.2 Å². The van der Waals surface area contributed by atoms with Gasteiger partial charge in [0, 0.05) is 37.4 Å². The van der Waals surface area contributed by atoms with Crippen LogP contribution in [0.2, 0.25) is 10.0 Å². The predicted octanol–water partition coefficient (Wildman–Crippen LogP) is 3.31. The lowest BCUT2D eigenvalue weighted by atomic mass is 9.78. The first-order chi connectivity index (χ1) is 17.3. The molecule has 2 aliphatic rings. The van der Waals surface area contributed by atoms with Crippen LogP contribution >= 0.6 is 23.2 Å². The highest BCUT2D eigenvalue weighted by Gasteiger charge is 2.45. The van der Waals surface area contributed by atoms with Gasteiger partial charge in [-0.05, 0) is 24.3 Å². The highest BCUT2D eigenvalue weighted by atomic mass is 35.5. The third kappa shape index (κ3) is 4.62. The van der Waals surface area contributed by atoms with Gasteiger partial charge in [-0.25, -0.2) is 4.79 Å². The Hall–Kier alpha value is -3.61. The van der Waals surface area contributed by atoms with Crippen molar-refractivity contribution in [2.75, 3.05) is 45.3 Å². The van der Waals surface area contributed by atoms with Crippen molar-refractivity contribution in [3.63, 3.8) is 0 Å². The fourth-order valence-electron chi connectivity index (χ4n) is 4.52. The number of hydrogen-bond acceptors (Lipinski definition) is 8. The number of hydrogen-bond donors (Lipinski definition) is 1. The SMILES string of the molecule is CO/C(N)=C1/C(=O)Oc2c(OC)cccc2C1C(C#N)C(=O)N1CCN(c2ccc(Cl)c(Cl)c2)CC1. The van der Waals surface area contributed by atoms with Gasteiger partial charge in [0.2, 0.25) is 5.91 Å². The van der Waals surface area contributed by atoms with Crippen molar-refractivity contribution in [1.82, 2.24) is 4.90 Å². The Morgan fingerprint density at radius 2 is 1.89 bits per heavy atom. The number of rotatable bonds is 5. The highest BCUT2D eigenvalue weighted by molar-refractivity contribution is 6.42. The summed E-state index contributed by atoms with van der Waals surface area (Å²) in [5.41, 5.74) is 7.25. The summed E-state index contributed by atoms with van der Waals surface area (Å²) < 4.78 is 15.9. The molecule has 9 nitrogen and oxygen atoms in total. The maximum Gasteiger partial charge on any atom is 0.345 e. The molecule has 4 rings (SSSR count). The summed E-state index contributed by atoms with van der Waals surface area (Å²) in [6.07, 6.45) is 0. The van der Waals surface area contributed by atoms with Gasteiger partial charge >= 0.3 is 5.97 Å². The minimum Gasteiger partial charge on any atom is -0.493 e. The minimum atomic E-state index is -1.25. The molecule has 2 aliphatic heterocycles. The summed E-state index contributed by atoms with van der Waals surface area (Å²) in [5.74, 6) is -3.21. The zero-order chi connectivity index (χ0) is 26.0. The van der Waals surface area contributed by atoms with E-state index in [9.17, 15) is 14.9 Å². The zero-order valence-electron chi connectivity index (χ0n) is 19.7. The van der Waals surface area contributed by atoms with Crippen molar-refractivity contribution in [3.8, 4) is 17.6 Å². The standard InChI is InChI=1S/C25H24Cl2N4O5/c1-34-19-5-3-4-15-20(21(23(29)35-2)25(33)36-22(15)19)16(13-28)24(32)31-10-8-30(9-11-31)14-6-7-17(26)18(27)12-14/h3-7,12,16,20H,8-11,29H2,1-2H3/b23-21+. The molecule has 2 aromatic carbocycles. The van der Waals surface area contributed by atoms with Crippen LogP contribution in [0.4, 0.5) is 5.69 Å². The van der Waals surface area contributed by atoms with Gasteiger partial charge < -0.3 is 29.7 Å². The van der Waals surface area contributed by atoms with Crippen LogP contribution in [-0.2, 0) is 14.3 Å². The zero-order valence-corrected chi connectivity index (χ0v) is 21.2. The average molecular weight is 531 g/mol. The number of nitriles is 1. The van der Waals surface area contributed by atoms with Gasteiger partial charge in [0.15, 0.2) is 17.4 Å². The summed E-state index contributed by atoms with van der Waals surface area (Å²) >= 11 is 12.2. The van der Waals surface area contributed by atoms with E-state index in [-0.39, 0.29) is 17.2 Å². The lowest BCUT2D eigenvalue weighted by molar-refractivity contribution is -0.135. The number of fused-ring (bicyclic) bond motifs is 1. The highest BCUT2D eigenvalue weighted by Crippen LogP contribution is 2.47. The van der Waals surface area contributed by atoms with Crippen molar-refractivity contribution in [2.24, 2.45) is 11.7 Å². The van der Waals surface area contributed by atoms with E-state index in [1.807, 2.05) is 6.07 Å². The number of para-hydroxylation sites is 1. The van der Waals surface area contributed by atoms with Crippen molar-refractivity contribution in [2.45, 2.75) is 5.92 Å². The number of carbonyl (C=O) groups excluding carboxylic acids is 2. The molecule has 0 bridgehead atoms. The predicted molar refractivity (Wildman–Crippen MR) is 134 cm³/mol. The second kappa shape index (κ2) is 10.6. The number of methoxy groups -OCH3 is 2. The fourth-order valence-corrected chi connectivity index (χ4v) is 4.82. The Kier molecular flexibility index (Phi) is 7.48. The van der Waals surface area contributed by atoms with Crippen molar-refractivity contribution >= 4 is 40.8 Å². The van der Waals surface area contributed by atoms with E-state index in [0.29, 0.717) is 47.5 Å². The number of nitrogens with two attached hydrogens (primary N) is 1. The Bertz CT molecular complexity index is 1270. The molecule has 0 radical (unpaired) electrons. The molecule has 2 N–H and O–H groups in total. The molecule has 1 amide bonds. The summed E-state index contributed by atoms with van der Waals surface area (Å²) in [5, 5.41) is 11.1. The quantitative estimate of drug-likeness (QED) is 0.270. The molecule has 2 unspecified atom stereocenters. The average Bonchev–Trinajstić information content (AvgIpc) is 2.89. The van der Waals surface area contributed by atoms with Gasteiger partial charge in [0.25, 0.3) is 0 Å². The molecule has 2 aromatic rings. The largest absolute Gasteiger partial charge is 0.493 e. The molecular formula is C25H24Cl2N4O5. The Morgan fingerprint density at radius 1 is 1.17 bits per heavy atom. The Balaban J connectivity index is 1.63. The first kappa shape index (κ1) is 25.5. The van der Waals surface area contributed by atoms with Gasteiger partial charge in [-0.3, -0.25) is 4.79 Å². The maximum atomic E-state index is 13.7. The first-order valence-electron chi connectivity index (χ1n) is 11.1. The number of nitrogens with zero attached hydrogens (tertiary/aromatic N) is 3. The normalized spacial score (nSPS) is 19.5. The number of piperazine rings is 1. The number of carbonyl (C=O) groups is 2. The van der Waals surface area contributed by atoms with Gasteiger partial charge in [0.05, 0.1) is 36.3 Å². The third-order valence-electron chi connectivity index (χ3n) is 6.37. The fraction of sp³-hybridized carbons (Fsp3) is 0.320. The van der Waals surface area contributed by atoms with Gasteiger partial charge in [0.1, 0.15) is 11.5 Å². The van der Waals surface area contributed by atoms with E-state index in [0.717, 1.165) is 5.69 Å². The molecule has 36 heavy (non-hydrogen) atoms. The molecule has 0 aromatic heterocycles. The molecular weight excluding hydrogens is 507 g/mol. The molecule has 1 saturated heterocycles. The number of halogens is 2. The molecule has 0 saturated carbocycles. The van der Waals surface area contributed by atoms with Crippen LogP contribution < -0.4 is 20.1 Å². The molecule has 2 atom stereocenters. The smallest absolute Gasteiger partial charge is 0.345 e. The maximum absolute atomic E-state index is 13.7. The van der Waals surface area contributed by atoms with Crippen LogP contribution in [0.25, 0.3) is 0 Å². The first-order valence-corrected chi connectivity index (χ1v) is 11.9. The van der Waals surface area contributed by atoms with Crippen LogP contribution in [0.5, 0.6) is 11.5 Å². The lowest BCUT2D eigenvalue weighted by Gasteiger charge is -2.38. The van der Waals surface area contributed by atoms with E-state index >= 15 is 0 Å². The van der Waals surface area contributed by atoms with Crippen molar-refractivity contribution < 1.29 is 23.8 Å². The monoisotopic (exact) mass is 530 g/mol. The second-order valence-electron chi connectivity index (χ2n) is 8.25. The van der Waals surface area contributed by atoms with E-state index in [1.165, 1.54) is 14.2 Å². The summed E-state index contributed by atoms with van der Waals surface area (Å²) in [4.78, 5) is 30.3. The van der Waals surface area contributed by atoms with Crippen LogP contribution in [0.3, 0.4) is 0 Å². The van der Waals surface area contributed by atoms with E-state index in [4.69, 9.17) is 43.1 Å². The summed E-state index contributed by atoms with van der Waals surface area (Å²) in [6, 6.07) is 12.5. The molecule has 11 heteroatoms. The number of anilines is 1. The van der Waals surface area contributed by atoms with Crippen LogP contribution in [0.1, 0.15) is 11.5 Å². The van der Waals surface area contributed by atoms with Crippen LogP contribution in [0, 0.1) is 17.2 Å². The van der Waals surface area contributed by atoms with Gasteiger partial charge in [-0.2, -0.15) is 5.26 Å². The van der Waals surface area contributed by atoms with E-state index < -0.39 is 23.7 Å². The number of benzene rings is 2. The van der Waals surface area contributed by atoms with Crippen LogP contribution in [0.15, 0.2) is 47.9 Å². The summed E-state index contributed by atoms with van der Waals surface area (Å²) in [7, 11) is 2.74. The van der Waals surface area contributed by atoms with Gasteiger partial charge in [-0.15, -0.1) is 0 Å². The third-order valence-corrected chi connectivity index (χ3v) is 7.11. The van der Waals surface area contributed by atoms with Crippen molar-refractivity contribution in [3.05, 3.63) is 63.5 Å². The minimum absolute atomic E-state index is 0.0763. The summed E-state index contributed by atoms with van der Waals surface area (Å²) in [6.45, 7) is 1.81. The Labute approximate surface area is 218 Å². The molecule has 1 fully saturated rings.